The lowest BCUT2D eigenvalue weighted by molar-refractivity contribution is -0.118. The number of ketones is 2. The van der Waals surface area contributed by atoms with Gasteiger partial charge in [0.1, 0.15) is 11.6 Å². The molecule has 0 radical (unpaired) electrons. The minimum Gasteiger partial charge on any atom is -0.462 e. The van der Waals surface area contributed by atoms with Crippen LogP contribution in [-0.2, 0) is 19.1 Å². The molecule has 0 heterocycles. The van der Waals surface area contributed by atoms with Crippen LogP contribution < -0.4 is 0 Å². The number of ether oxygens (including phenoxy) is 2. The zero-order valence-corrected chi connectivity index (χ0v) is 16.8. The van der Waals surface area contributed by atoms with E-state index in [0.717, 1.165) is 25.7 Å². The maximum atomic E-state index is 12.3. The van der Waals surface area contributed by atoms with Crippen molar-refractivity contribution in [2.24, 2.45) is 0 Å². The van der Waals surface area contributed by atoms with Gasteiger partial charge < -0.3 is 19.1 Å². The van der Waals surface area contributed by atoms with Gasteiger partial charge in [0.25, 0.3) is 0 Å². The summed E-state index contributed by atoms with van der Waals surface area (Å²) in [5, 5.41) is 0. The van der Waals surface area contributed by atoms with Crippen LogP contribution in [0.15, 0.2) is 24.3 Å². The molecule has 0 bridgehead atoms. The van der Waals surface area contributed by atoms with E-state index >= 15 is 0 Å². The van der Waals surface area contributed by atoms with E-state index < -0.39 is 11.9 Å². The fraction of sp³-hybridized carbons (Fsp3) is 0.545. The van der Waals surface area contributed by atoms with Gasteiger partial charge in [0.15, 0.2) is 0 Å². The average molecular weight is 390 g/mol. The predicted molar refractivity (Wildman–Crippen MR) is 105 cm³/mol. The monoisotopic (exact) mass is 390 g/mol. The van der Waals surface area contributed by atoms with Gasteiger partial charge in [-0.1, -0.05) is 12.1 Å². The number of benzene rings is 1. The molecule has 28 heavy (non-hydrogen) atoms. The van der Waals surface area contributed by atoms with E-state index in [0.29, 0.717) is 25.7 Å². The Bertz CT molecular complexity index is 608. The van der Waals surface area contributed by atoms with Crippen LogP contribution in [-0.4, -0.2) is 36.7 Å². The Kier molecular flexibility index (Phi) is 11.5. The van der Waals surface area contributed by atoms with Crippen molar-refractivity contribution in [3.63, 3.8) is 0 Å². The summed E-state index contributed by atoms with van der Waals surface area (Å²) in [4.78, 5) is 46.3. The van der Waals surface area contributed by atoms with Crippen LogP contribution in [0.25, 0.3) is 0 Å². The number of carbonyl (C=O) groups is 4. The van der Waals surface area contributed by atoms with E-state index in [1.165, 1.54) is 0 Å². The molecule has 1 rings (SSSR count). The maximum Gasteiger partial charge on any atom is 0.339 e. The van der Waals surface area contributed by atoms with Crippen molar-refractivity contribution in [1.82, 2.24) is 0 Å². The third kappa shape index (κ3) is 10.00. The Balaban J connectivity index is 2.41. The molecule has 0 saturated carbocycles. The molecule has 6 heteroatoms. The first kappa shape index (κ1) is 23.5. The second-order valence-corrected chi connectivity index (χ2v) is 6.84. The molecule has 6 nitrogen and oxygen atoms in total. The SMILES string of the molecule is CC(=O)CCCCCOC(=O)c1ccccc1C(=O)OCCCCCC(C)=O. The number of esters is 2. The zero-order chi connectivity index (χ0) is 20.8. The molecule has 0 N–H and O–H groups in total. The van der Waals surface area contributed by atoms with Crippen LogP contribution in [0.3, 0.4) is 0 Å². The van der Waals surface area contributed by atoms with Crippen molar-refractivity contribution in [3.05, 3.63) is 35.4 Å². The lowest BCUT2D eigenvalue weighted by Gasteiger charge is -2.10. The average Bonchev–Trinajstić information content (AvgIpc) is 2.66. The first-order valence-corrected chi connectivity index (χ1v) is 9.84. The van der Waals surface area contributed by atoms with Crippen LogP contribution >= 0.6 is 0 Å². The van der Waals surface area contributed by atoms with Crippen molar-refractivity contribution in [2.45, 2.75) is 65.2 Å². The van der Waals surface area contributed by atoms with Crippen LogP contribution in [0.1, 0.15) is 85.9 Å². The highest BCUT2D eigenvalue weighted by molar-refractivity contribution is 6.03. The summed E-state index contributed by atoms with van der Waals surface area (Å²) < 4.78 is 10.5. The van der Waals surface area contributed by atoms with Gasteiger partial charge in [-0.2, -0.15) is 0 Å². The summed E-state index contributed by atoms with van der Waals surface area (Å²) in [5.41, 5.74) is 0.376. The van der Waals surface area contributed by atoms with Gasteiger partial charge in [-0.3, -0.25) is 0 Å². The normalized spacial score (nSPS) is 10.4. The van der Waals surface area contributed by atoms with Crippen LogP contribution in [0.2, 0.25) is 0 Å². The van der Waals surface area contributed by atoms with E-state index in [4.69, 9.17) is 9.47 Å². The molecule has 0 fully saturated rings. The van der Waals surface area contributed by atoms with Crippen molar-refractivity contribution in [3.8, 4) is 0 Å². The number of rotatable bonds is 14. The molecule has 0 saturated heterocycles. The van der Waals surface area contributed by atoms with Crippen molar-refractivity contribution < 1.29 is 28.7 Å². The second-order valence-electron chi connectivity index (χ2n) is 6.84. The molecular weight excluding hydrogens is 360 g/mol. The maximum absolute atomic E-state index is 12.3. The number of hydrogen-bond acceptors (Lipinski definition) is 6. The minimum atomic E-state index is -0.555. The number of hydrogen-bond donors (Lipinski definition) is 0. The first-order valence-electron chi connectivity index (χ1n) is 9.84. The summed E-state index contributed by atoms with van der Waals surface area (Å²) in [6, 6.07) is 6.42. The Labute approximate surface area is 166 Å². The fourth-order valence-electron chi connectivity index (χ4n) is 2.63. The number of Topliss-reactive ketones (excluding diaryl/α,β-unsaturated/α-hetero) is 2. The molecule has 0 aliphatic heterocycles. The number of unbranched alkanes of at least 4 members (excludes halogenated alkanes) is 4. The van der Waals surface area contributed by atoms with E-state index in [1.807, 2.05) is 0 Å². The Morgan fingerprint density at radius 2 is 1.04 bits per heavy atom. The molecule has 1 aromatic rings. The molecule has 0 aromatic heterocycles. The van der Waals surface area contributed by atoms with Crippen molar-refractivity contribution in [2.75, 3.05) is 13.2 Å². The van der Waals surface area contributed by atoms with E-state index in [9.17, 15) is 19.2 Å². The van der Waals surface area contributed by atoms with Gasteiger partial charge in [0.2, 0.25) is 0 Å². The Morgan fingerprint density at radius 3 is 1.39 bits per heavy atom. The van der Waals surface area contributed by atoms with Crippen LogP contribution in [0.4, 0.5) is 0 Å². The third-order valence-electron chi connectivity index (χ3n) is 4.18. The molecule has 0 spiro atoms. The summed E-state index contributed by atoms with van der Waals surface area (Å²) in [5.74, 6) is -0.798. The van der Waals surface area contributed by atoms with Gasteiger partial charge >= 0.3 is 11.9 Å². The standard InChI is InChI=1S/C22H30O6/c1-17(23)11-5-3-9-15-27-21(25)19-13-7-8-14-20(19)22(26)28-16-10-4-6-12-18(2)24/h7-8,13-14H,3-6,9-12,15-16H2,1-2H3. The minimum absolute atomic E-state index is 0.156. The summed E-state index contributed by atoms with van der Waals surface area (Å²) in [6.45, 7) is 3.61. The highest BCUT2D eigenvalue weighted by Crippen LogP contribution is 2.13. The smallest absolute Gasteiger partial charge is 0.339 e. The molecule has 0 aliphatic carbocycles. The lowest BCUT2D eigenvalue weighted by Crippen LogP contribution is -2.15. The first-order chi connectivity index (χ1) is 13.4. The molecular formula is C22H30O6. The van der Waals surface area contributed by atoms with Gasteiger partial charge in [-0.25, -0.2) is 9.59 Å². The quantitative estimate of drug-likeness (QED) is 0.348. The molecule has 0 amide bonds. The summed E-state index contributed by atoms with van der Waals surface area (Å²) in [7, 11) is 0. The summed E-state index contributed by atoms with van der Waals surface area (Å²) in [6.07, 6.45) is 5.59. The van der Waals surface area contributed by atoms with E-state index in [2.05, 4.69) is 0 Å². The van der Waals surface area contributed by atoms with Gasteiger partial charge in [-0.05, 0) is 64.5 Å². The van der Waals surface area contributed by atoms with Crippen molar-refractivity contribution in [1.29, 1.82) is 0 Å². The van der Waals surface area contributed by atoms with E-state index in [-0.39, 0.29) is 35.9 Å². The molecule has 0 unspecified atom stereocenters. The fourth-order valence-corrected chi connectivity index (χ4v) is 2.63. The Hall–Kier alpha value is -2.50. The lowest BCUT2D eigenvalue weighted by atomic mass is 10.1. The van der Waals surface area contributed by atoms with Crippen LogP contribution in [0.5, 0.6) is 0 Å². The molecule has 1 aromatic carbocycles. The van der Waals surface area contributed by atoms with Crippen LogP contribution in [0, 0.1) is 0 Å². The van der Waals surface area contributed by atoms with E-state index in [1.54, 1.807) is 38.1 Å². The summed E-state index contributed by atoms with van der Waals surface area (Å²) >= 11 is 0. The second kappa shape index (κ2) is 13.6. The topological polar surface area (TPSA) is 86.7 Å². The van der Waals surface area contributed by atoms with Crippen molar-refractivity contribution >= 4 is 23.5 Å². The molecule has 0 aliphatic rings. The predicted octanol–water partition coefficient (Wildman–Crippen LogP) is 4.30. The zero-order valence-electron chi connectivity index (χ0n) is 16.8. The highest BCUT2D eigenvalue weighted by atomic mass is 16.5. The largest absolute Gasteiger partial charge is 0.462 e. The Morgan fingerprint density at radius 1 is 0.643 bits per heavy atom. The molecule has 154 valence electrons. The van der Waals surface area contributed by atoms with Gasteiger partial charge in [-0.15, -0.1) is 0 Å². The number of carbonyl (C=O) groups excluding carboxylic acids is 4. The third-order valence-corrected chi connectivity index (χ3v) is 4.18. The van der Waals surface area contributed by atoms with Gasteiger partial charge in [0, 0.05) is 12.8 Å². The highest BCUT2D eigenvalue weighted by Gasteiger charge is 2.18. The molecule has 0 atom stereocenters. The van der Waals surface area contributed by atoms with Gasteiger partial charge in [0.05, 0.1) is 24.3 Å².